The molecule has 0 aromatic carbocycles. The number of hydrogen-bond acceptors (Lipinski definition) is 5. The van der Waals surface area contributed by atoms with Gasteiger partial charge in [0.2, 0.25) is 0 Å². The van der Waals surface area contributed by atoms with Crippen molar-refractivity contribution in [2.45, 2.75) is 39.3 Å². The lowest BCUT2D eigenvalue weighted by molar-refractivity contribution is 0.102. The number of ketones is 1. The van der Waals surface area contributed by atoms with Gasteiger partial charge in [-0.1, -0.05) is 0 Å². The van der Waals surface area contributed by atoms with Crippen LogP contribution in [0.3, 0.4) is 0 Å². The summed E-state index contributed by atoms with van der Waals surface area (Å²) in [6.45, 7) is 5.95. The van der Waals surface area contributed by atoms with Crippen LogP contribution in [0, 0.1) is 6.92 Å². The molecule has 0 aliphatic carbocycles. The fraction of sp³-hybridized carbons (Fsp3) is 0.667. The standard InChI is InChI=1S/C12H18N2O2S/c1-8-12(9(2)15)17-11(14-8)7-13-6-10-4-3-5-16-10/h10,13H,3-7H2,1-2H3. The lowest BCUT2D eigenvalue weighted by Gasteiger charge is -2.09. The van der Waals surface area contributed by atoms with E-state index in [1.54, 1.807) is 6.92 Å². The van der Waals surface area contributed by atoms with Gasteiger partial charge in [0.15, 0.2) is 5.78 Å². The summed E-state index contributed by atoms with van der Waals surface area (Å²) in [4.78, 5) is 16.5. The maximum absolute atomic E-state index is 11.3. The van der Waals surface area contributed by atoms with Gasteiger partial charge in [-0.25, -0.2) is 4.98 Å². The van der Waals surface area contributed by atoms with Crippen molar-refractivity contribution in [1.29, 1.82) is 0 Å². The number of rotatable bonds is 5. The number of nitrogens with one attached hydrogen (secondary N) is 1. The van der Waals surface area contributed by atoms with E-state index in [2.05, 4.69) is 10.3 Å². The van der Waals surface area contributed by atoms with Gasteiger partial charge in [0.1, 0.15) is 5.01 Å². The summed E-state index contributed by atoms with van der Waals surface area (Å²) in [5.41, 5.74) is 0.844. The lowest BCUT2D eigenvalue weighted by Crippen LogP contribution is -2.25. The molecule has 4 nitrogen and oxygen atoms in total. The highest BCUT2D eigenvalue weighted by molar-refractivity contribution is 7.13. The van der Waals surface area contributed by atoms with Crippen molar-refractivity contribution in [2.24, 2.45) is 0 Å². The van der Waals surface area contributed by atoms with Crippen molar-refractivity contribution < 1.29 is 9.53 Å². The van der Waals surface area contributed by atoms with E-state index in [1.165, 1.54) is 11.3 Å². The topological polar surface area (TPSA) is 51.2 Å². The smallest absolute Gasteiger partial charge is 0.171 e. The molecule has 1 N–H and O–H groups in total. The Kier molecular flexibility index (Phi) is 4.25. The van der Waals surface area contributed by atoms with Crippen LogP contribution < -0.4 is 5.32 Å². The second kappa shape index (κ2) is 5.71. The summed E-state index contributed by atoms with van der Waals surface area (Å²) >= 11 is 1.49. The molecular formula is C12H18N2O2S. The minimum absolute atomic E-state index is 0.102. The second-order valence-corrected chi connectivity index (χ2v) is 5.43. The summed E-state index contributed by atoms with van der Waals surface area (Å²) in [7, 11) is 0. The van der Waals surface area contributed by atoms with Crippen LogP contribution in [0.15, 0.2) is 0 Å². The first-order chi connectivity index (χ1) is 8.16. The summed E-state index contributed by atoms with van der Waals surface area (Å²) in [5, 5.41) is 4.31. The number of aryl methyl sites for hydroxylation is 1. The highest BCUT2D eigenvalue weighted by Crippen LogP contribution is 2.18. The largest absolute Gasteiger partial charge is 0.377 e. The summed E-state index contributed by atoms with van der Waals surface area (Å²) in [5.74, 6) is 0.102. The van der Waals surface area contributed by atoms with Gasteiger partial charge in [0.25, 0.3) is 0 Å². The zero-order chi connectivity index (χ0) is 12.3. The van der Waals surface area contributed by atoms with Gasteiger partial charge >= 0.3 is 0 Å². The van der Waals surface area contributed by atoms with Crippen molar-refractivity contribution in [3.05, 3.63) is 15.6 Å². The third-order valence-corrected chi connectivity index (χ3v) is 4.09. The summed E-state index contributed by atoms with van der Waals surface area (Å²) < 4.78 is 5.52. The van der Waals surface area contributed by atoms with Crippen molar-refractivity contribution in [3.63, 3.8) is 0 Å². The predicted octanol–water partition coefficient (Wildman–Crippen LogP) is 1.92. The molecule has 1 atom stereocenters. The summed E-state index contributed by atoms with van der Waals surface area (Å²) in [6.07, 6.45) is 2.66. The molecule has 1 fully saturated rings. The van der Waals surface area contributed by atoms with Crippen LogP contribution in [0.1, 0.15) is 40.1 Å². The van der Waals surface area contributed by atoms with E-state index in [0.29, 0.717) is 6.10 Å². The zero-order valence-corrected chi connectivity index (χ0v) is 11.1. The minimum atomic E-state index is 0.102. The molecule has 1 aromatic heterocycles. The Morgan fingerprint density at radius 2 is 2.47 bits per heavy atom. The number of Topliss-reactive ketones (excluding diaryl/α,β-unsaturated/α-hetero) is 1. The Hall–Kier alpha value is -0.780. The van der Waals surface area contributed by atoms with Gasteiger partial charge in [-0.05, 0) is 19.8 Å². The normalized spacial score (nSPS) is 19.8. The predicted molar refractivity (Wildman–Crippen MR) is 67.5 cm³/mol. The molecule has 1 aliphatic rings. The number of aromatic nitrogens is 1. The molecule has 1 unspecified atom stereocenters. The fourth-order valence-corrected chi connectivity index (χ4v) is 2.93. The number of ether oxygens (including phenoxy) is 1. The molecule has 0 bridgehead atoms. The molecule has 94 valence electrons. The van der Waals surface area contributed by atoms with Crippen LogP contribution >= 0.6 is 11.3 Å². The van der Waals surface area contributed by atoms with E-state index in [9.17, 15) is 4.79 Å². The quantitative estimate of drug-likeness (QED) is 0.816. The van der Waals surface area contributed by atoms with E-state index in [-0.39, 0.29) is 5.78 Å². The molecule has 0 saturated carbocycles. The Bertz CT molecular complexity index is 397. The first kappa shape index (κ1) is 12.7. The van der Waals surface area contributed by atoms with Crippen LogP contribution in [0.5, 0.6) is 0 Å². The highest BCUT2D eigenvalue weighted by atomic mass is 32.1. The van der Waals surface area contributed by atoms with Crippen molar-refractivity contribution in [1.82, 2.24) is 10.3 Å². The van der Waals surface area contributed by atoms with Gasteiger partial charge in [0.05, 0.1) is 16.7 Å². The average molecular weight is 254 g/mol. The maximum atomic E-state index is 11.3. The maximum Gasteiger partial charge on any atom is 0.171 e. The molecular weight excluding hydrogens is 236 g/mol. The van der Waals surface area contributed by atoms with Crippen molar-refractivity contribution in [3.8, 4) is 0 Å². The highest BCUT2D eigenvalue weighted by Gasteiger charge is 2.15. The zero-order valence-electron chi connectivity index (χ0n) is 10.3. The van der Waals surface area contributed by atoms with Crippen LogP contribution in [0.25, 0.3) is 0 Å². The molecule has 2 rings (SSSR count). The molecule has 1 saturated heterocycles. The third kappa shape index (κ3) is 3.34. The fourth-order valence-electron chi connectivity index (χ4n) is 2.00. The van der Waals surface area contributed by atoms with Gasteiger partial charge in [0, 0.05) is 26.6 Å². The van der Waals surface area contributed by atoms with E-state index >= 15 is 0 Å². The number of carbonyl (C=O) groups excluding carboxylic acids is 1. The minimum Gasteiger partial charge on any atom is -0.377 e. The van der Waals surface area contributed by atoms with Crippen LogP contribution in [0.4, 0.5) is 0 Å². The van der Waals surface area contributed by atoms with Crippen LogP contribution in [-0.2, 0) is 11.3 Å². The SMILES string of the molecule is CC(=O)c1sc(CNCC2CCCO2)nc1C. The molecule has 0 spiro atoms. The second-order valence-electron chi connectivity index (χ2n) is 4.34. The van der Waals surface area contributed by atoms with Crippen LogP contribution in [0.2, 0.25) is 0 Å². The van der Waals surface area contributed by atoms with E-state index in [4.69, 9.17) is 4.74 Å². The Labute approximate surface area is 105 Å². The molecule has 17 heavy (non-hydrogen) atoms. The number of carbonyl (C=O) groups is 1. The van der Waals surface area contributed by atoms with Crippen molar-refractivity contribution >= 4 is 17.1 Å². The van der Waals surface area contributed by atoms with Crippen LogP contribution in [-0.4, -0.2) is 30.0 Å². The first-order valence-corrected chi connectivity index (χ1v) is 6.78. The number of thiazole rings is 1. The van der Waals surface area contributed by atoms with E-state index in [0.717, 1.165) is 48.1 Å². The Morgan fingerprint density at radius 3 is 3.06 bits per heavy atom. The molecule has 1 aromatic rings. The molecule has 1 aliphatic heterocycles. The average Bonchev–Trinajstić information content (AvgIpc) is 2.88. The first-order valence-electron chi connectivity index (χ1n) is 5.96. The number of hydrogen-bond donors (Lipinski definition) is 1. The number of nitrogens with zero attached hydrogens (tertiary/aromatic N) is 1. The Morgan fingerprint density at radius 1 is 1.65 bits per heavy atom. The third-order valence-electron chi connectivity index (χ3n) is 2.83. The van der Waals surface area contributed by atoms with Crippen molar-refractivity contribution in [2.75, 3.05) is 13.2 Å². The van der Waals surface area contributed by atoms with Gasteiger partial charge < -0.3 is 10.1 Å². The molecule has 2 heterocycles. The lowest BCUT2D eigenvalue weighted by atomic mass is 10.2. The Balaban J connectivity index is 1.82. The van der Waals surface area contributed by atoms with Gasteiger partial charge in [-0.15, -0.1) is 11.3 Å². The molecule has 0 amide bonds. The molecule has 5 heteroatoms. The van der Waals surface area contributed by atoms with E-state index < -0.39 is 0 Å². The monoisotopic (exact) mass is 254 g/mol. The van der Waals surface area contributed by atoms with Gasteiger partial charge in [-0.2, -0.15) is 0 Å². The van der Waals surface area contributed by atoms with Gasteiger partial charge in [-0.3, -0.25) is 4.79 Å². The molecule has 0 radical (unpaired) electrons. The van der Waals surface area contributed by atoms with E-state index in [1.807, 2.05) is 6.92 Å². The summed E-state index contributed by atoms with van der Waals surface area (Å²) in [6, 6.07) is 0.